The molecule has 0 aliphatic carbocycles. The van der Waals surface area contributed by atoms with E-state index < -0.39 is 12.6 Å². The third kappa shape index (κ3) is 5.33. The first-order chi connectivity index (χ1) is 3.95. The molecule has 1 nitrogen and oxygen atoms in total. The van der Waals surface area contributed by atoms with Crippen molar-refractivity contribution in [3.8, 4) is 0 Å². The zero-order chi connectivity index (χ0) is 7.49. The predicted octanol–water partition coefficient (Wildman–Crippen LogP) is 2.03. The molecule has 0 amide bonds. The number of nitrogens with zero attached hydrogens (tertiary/aromatic N) is 1. The minimum atomic E-state index is -4.11. The van der Waals surface area contributed by atoms with Crippen molar-refractivity contribution in [3.63, 3.8) is 0 Å². The molecule has 0 fully saturated rings. The van der Waals surface area contributed by atoms with Crippen LogP contribution in [0.2, 0.25) is 0 Å². The lowest BCUT2D eigenvalue weighted by molar-refractivity contribution is -0.121. The standard InChI is InChI=1S/C5H8F3N/c1-4(9-2)3-5(6,7)8/h3H2,1-2H3. The fraction of sp³-hybridized carbons (Fsp3) is 0.800. The van der Waals surface area contributed by atoms with E-state index >= 15 is 0 Å². The number of aliphatic imine (C=N–C) groups is 1. The van der Waals surface area contributed by atoms with Gasteiger partial charge in [0.15, 0.2) is 0 Å². The smallest absolute Gasteiger partial charge is 0.297 e. The maximum absolute atomic E-state index is 11.4. The van der Waals surface area contributed by atoms with Gasteiger partial charge in [-0.15, -0.1) is 0 Å². The van der Waals surface area contributed by atoms with Crippen LogP contribution in [0.25, 0.3) is 0 Å². The van der Waals surface area contributed by atoms with E-state index in [1.54, 1.807) is 0 Å². The van der Waals surface area contributed by atoms with Crippen molar-refractivity contribution in [2.75, 3.05) is 7.05 Å². The lowest BCUT2D eigenvalue weighted by Gasteiger charge is -2.03. The van der Waals surface area contributed by atoms with Crippen LogP contribution >= 0.6 is 0 Å². The van der Waals surface area contributed by atoms with Gasteiger partial charge in [-0.05, 0) is 6.92 Å². The normalized spacial score (nSPS) is 14.1. The van der Waals surface area contributed by atoms with E-state index in [0.717, 1.165) is 0 Å². The SMILES string of the molecule is CN=C(C)CC(F)(F)F. The molecule has 0 spiro atoms. The summed E-state index contributed by atoms with van der Waals surface area (Å²) in [5, 5.41) is 0. The highest BCUT2D eigenvalue weighted by Gasteiger charge is 2.27. The van der Waals surface area contributed by atoms with Crippen molar-refractivity contribution in [3.05, 3.63) is 0 Å². The summed E-state index contributed by atoms with van der Waals surface area (Å²) in [6, 6.07) is 0. The predicted molar refractivity (Wildman–Crippen MR) is 29.7 cm³/mol. The molecule has 0 aromatic carbocycles. The largest absolute Gasteiger partial charge is 0.394 e. The molecule has 0 aliphatic heterocycles. The molecule has 0 saturated carbocycles. The van der Waals surface area contributed by atoms with E-state index in [2.05, 4.69) is 4.99 Å². The van der Waals surface area contributed by atoms with Crippen LogP contribution in [0.3, 0.4) is 0 Å². The second kappa shape index (κ2) is 2.85. The number of alkyl halides is 3. The average Bonchev–Trinajstić information content (AvgIpc) is 1.62. The molecule has 54 valence electrons. The van der Waals surface area contributed by atoms with E-state index in [1.165, 1.54) is 14.0 Å². The monoisotopic (exact) mass is 139 g/mol. The quantitative estimate of drug-likeness (QED) is 0.493. The second-order valence-electron chi connectivity index (χ2n) is 1.75. The van der Waals surface area contributed by atoms with Crippen molar-refractivity contribution in [1.29, 1.82) is 0 Å². The molecule has 0 aromatic heterocycles. The van der Waals surface area contributed by atoms with Crippen molar-refractivity contribution in [2.24, 2.45) is 4.99 Å². The van der Waals surface area contributed by atoms with Gasteiger partial charge < -0.3 is 0 Å². The summed E-state index contributed by atoms with van der Waals surface area (Å²) in [6.45, 7) is 1.35. The Kier molecular flexibility index (Phi) is 2.67. The fourth-order valence-corrected chi connectivity index (χ4v) is 0.369. The van der Waals surface area contributed by atoms with Crippen LogP contribution < -0.4 is 0 Å². The minimum Gasteiger partial charge on any atom is -0.297 e. The Labute approximate surface area is 51.6 Å². The molecule has 0 atom stereocenters. The number of halogens is 3. The van der Waals surface area contributed by atoms with Gasteiger partial charge in [-0.2, -0.15) is 13.2 Å². The molecule has 0 N–H and O–H groups in total. The summed E-state index contributed by atoms with van der Waals surface area (Å²) >= 11 is 0. The maximum Gasteiger partial charge on any atom is 0.394 e. The first-order valence-corrected chi connectivity index (χ1v) is 2.44. The van der Waals surface area contributed by atoms with Gasteiger partial charge in [-0.1, -0.05) is 0 Å². The molecule has 0 aromatic rings. The highest BCUT2D eigenvalue weighted by molar-refractivity contribution is 5.82. The van der Waals surface area contributed by atoms with Gasteiger partial charge in [0.25, 0.3) is 0 Å². The Morgan fingerprint density at radius 3 is 2.00 bits per heavy atom. The van der Waals surface area contributed by atoms with Crippen LogP contribution in [0.15, 0.2) is 4.99 Å². The van der Waals surface area contributed by atoms with Crippen molar-refractivity contribution >= 4 is 5.71 Å². The molecule has 0 unspecified atom stereocenters. The summed E-state index contributed by atoms with van der Waals surface area (Å²) in [5.74, 6) is 0. The third-order valence-corrected chi connectivity index (χ3v) is 0.838. The van der Waals surface area contributed by atoms with E-state index in [-0.39, 0.29) is 5.71 Å². The second-order valence-corrected chi connectivity index (χ2v) is 1.75. The number of rotatable bonds is 1. The highest BCUT2D eigenvalue weighted by Crippen LogP contribution is 2.19. The molecule has 4 heteroatoms. The van der Waals surface area contributed by atoms with Gasteiger partial charge >= 0.3 is 6.18 Å². The summed E-state index contributed by atoms with van der Waals surface area (Å²) < 4.78 is 34.2. The fourth-order valence-electron chi connectivity index (χ4n) is 0.369. The molecule has 0 bridgehead atoms. The summed E-state index contributed by atoms with van der Waals surface area (Å²) in [5.41, 5.74) is 0.113. The van der Waals surface area contributed by atoms with Crippen LogP contribution in [0.4, 0.5) is 13.2 Å². The highest BCUT2D eigenvalue weighted by atomic mass is 19.4. The molecular formula is C5H8F3N. The van der Waals surface area contributed by atoms with Crippen LogP contribution in [0, 0.1) is 0 Å². The van der Waals surface area contributed by atoms with Gasteiger partial charge in [0.1, 0.15) is 0 Å². The van der Waals surface area contributed by atoms with Crippen LogP contribution in [0.1, 0.15) is 13.3 Å². The molecule has 0 radical (unpaired) electrons. The molecule has 0 aliphatic rings. The van der Waals surface area contributed by atoms with Crippen molar-refractivity contribution in [1.82, 2.24) is 0 Å². The number of hydrogen-bond donors (Lipinski definition) is 0. The Morgan fingerprint density at radius 2 is 1.89 bits per heavy atom. The van der Waals surface area contributed by atoms with E-state index in [9.17, 15) is 13.2 Å². The summed E-state index contributed by atoms with van der Waals surface area (Å²) in [4.78, 5) is 3.37. The summed E-state index contributed by atoms with van der Waals surface area (Å²) in [7, 11) is 1.35. The molecular weight excluding hydrogens is 131 g/mol. The Hall–Kier alpha value is -0.540. The van der Waals surface area contributed by atoms with E-state index in [4.69, 9.17) is 0 Å². The molecule has 0 heterocycles. The lowest BCUT2D eigenvalue weighted by atomic mass is 10.3. The topological polar surface area (TPSA) is 12.4 Å². The van der Waals surface area contributed by atoms with Crippen LogP contribution in [-0.2, 0) is 0 Å². The Bertz CT molecular complexity index is 114. The zero-order valence-electron chi connectivity index (χ0n) is 5.29. The molecule has 0 rings (SSSR count). The molecule has 9 heavy (non-hydrogen) atoms. The Morgan fingerprint density at radius 1 is 1.44 bits per heavy atom. The van der Waals surface area contributed by atoms with Gasteiger partial charge in [0, 0.05) is 12.8 Å². The van der Waals surface area contributed by atoms with Crippen molar-refractivity contribution in [2.45, 2.75) is 19.5 Å². The van der Waals surface area contributed by atoms with Gasteiger partial charge in [-0.3, -0.25) is 4.99 Å². The average molecular weight is 139 g/mol. The van der Waals surface area contributed by atoms with E-state index in [0.29, 0.717) is 0 Å². The van der Waals surface area contributed by atoms with Gasteiger partial charge in [-0.25, -0.2) is 0 Å². The third-order valence-electron chi connectivity index (χ3n) is 0.838. The van der Waals surface area contributed by atoms with Crippen LogP contribution in [0.5, 0.6) is 0 Å². The minimum absolute atomic E-state index is 0.113. The first kappa shape index (κ1) is 8.46. The summed E-state index contributed by atoms with van der Waals surface area (Å²) in [6.07, 6.45) is -5.01. The molecule has 0 saturated heterocycles. The Balaban J connectivity index is 3.75. The lowest BCUT2D eigenvalue weighted by Crippen LogP contribution is -2.12. The number of hydrogen-bond acceptors (Lipinski definition) is 1. The van der Waals surface area contributed by atoms with Gasteiger partial charge in [0.05, 0.1) is 6.42 Å². The van der Waals surface area contributed by atoms with Crippen LogP contribution in [-0.4, -0.2) is 18.9 Å². The zero-order valence-corrected chi connectivity index (χ0v) is 5.29. The van der Waals surface area contributed by atoms with Gasteiger partial charge in [0.2, 0.25) is 0 Å². The first-order valence-electron chi connectivity index (χ1n) is 2.44. The van der Waals surface area contributed by atoms with Crippen molar-refractivity contribution < 1.29 is 13.2 Å². The maximum atomic E-state index is 11.4. The van der Waals surface area contributed by atoms with E-state index in [1.807, 2.05) is 0 Å².